The maximum absolute atomic E-state index is 13.7. The highest BCUT2D eigenvalue weighted by Gasteiger charge is 2.13. The minimum absolute atomic E-state index is 0.0403. The molecule has 0 aliphatic rings. The number of anilines is 1. The summed E-state index contributed by atoms with van der Waals surface area (Å²) in [6.07, 6.45) is 0. The molecule has 1 aromatic heterocycles. The van der Waals surface area contributed by atoms with Crippen LogP contribution in [0.15, 0.2) is 66.0 Å². The van der Waals surface area contributed by atoms with Crippen molar-refractivity contribution in [3.8, 4) is 10.4 Å². The van der Waals surface area contributed by atoms with Gasteiger partial charge >= 0.3 is 0 Å². The molecular formula is C17H12FNOS. The zero-order valence-corrected chi connectivity index (χ0v) is 11.9. The van der Waals surface area contributed by atoms with Gasteiger partial charge in [-0.1, -0.05) is 36.4 Å². The molecule has 3 aromatic rings. The van der Waals surface area contributed by atoms with Gasteiger partial charge in [0.25, 0.3) is 5.91 Å². The first kappa shape index (κ1) is 13.5. The Balaban J connectivity index is 1.93. The smallest absolute Gasteiger partial charge is 0.258 e. The summed E-state index contributed by atoms with van der Waals surface area (Å²) in [6, 6.07) is 17.4. The highest BCUT2D eigenvalue weighted by atomic mass is 32.1. The van der Waals surface area contributed by atoms with Crippen LogP contribution in [-0.4, -0.2) is 5.91 Å². The molecule has 0 atom stereocenters. The van der Waals surface area contributed by atoms with Gasteiger partial charge in [-0.2, -0.15) is 0 Å². The lowest BCUT2D eigenvalue weighted by molar-refractivity contribution is 0.102. The Hall–Kier alpha value is -2.46. The van der Waals surface area contributed by atoms with E-state index in [1.807, 2.05) is 41.8 Å². The minimum Gasteiger partial charge on any atom is -0.321 e. The van der Waals surface area contributed by atoms with Crippen molar-refractivity contribution in [3.63, 3.8) is 0 Å². The number of carbonyl (C=O) groups is 1. The molecule has 0 spiro atoms. The highest BCUT2D eigenvalue weighted by molar-refractivity contribution is 7.13. The SMILES string of the molecule is O=C(Nc1ccccc1-c1cccs1)c1ccccc1F. The molecule has 0 bridgehead atoms. The molecule has 0 aliphatic carbocycles. The molecule has 2 aromatic carbocycles. The van der Waals surface area contributed by atoms with Crippen LogP contribution in [0.1, 0.15) is 10.4 Å². The molecule has 0 aliphatic heterocycles. The van der Waals surface area contributed by atoms with Crippen LogP contribution >= 0.6 is 11.3 Å². The van der Waals surface area contributed by atoms with Crippen molar-refractivity contribution in [2.45, 2.75) is 0 Å². The Kier molecular flexibility index (Phi) is 3.79. The molecule has 104 valence electrons. The maximum Gasteiger partial charge on any atom is 0.258 e. The molecule has 0 radical (unpaired) electrons. The molecule has 0 saturated carbocycles. The number of rotatable bonds is 3. The standard InChI is InChI=1S/C17H12FNOS/c18-14-8-3-1-6-12(14)17(20)19-15-9-4-2-7-13(15)16-10-5-11-21-16/h1-11H,(H,19,20). The fraction of sp³-hybridized carbons (Fsp3) is 0. The normalized spacial score (nSPS) is 10.3. The van der Waals surface area contributed by atoms with Crippen molar-refractivity contribution < 1.29 is 9.18 Å². The van der Waals surface area contributed by atoms with E-state index in [9.17, 15) is 9.18 Å². The van der Waals surface area contributed by atoms with Gasteiger partial charge < -0.3 is 5.32 Å². The van der Waals surface area contributed by atoms with E-state index in [-0.39, 0.29) is 5.56 Å². The first-order chi connectivity index (χ1) is 10.3. The summed E-state index contributed by atoms with van der Waals surface area (Å²) in [5.74, 6) is -0.972. The Bertz CT molecular complexity index is 768. The van der Waals surface area contributed by atoms with Gasteiger partial charge in [-0.15, -0.1) is 11.3 Å². The molecule has 1 heterocycles. The Morgan fingerprint density at radius 3 is 2.48 bits per heavy atom. The van der Waals surface area contributed by atoms with E-state index in [2.05, 4.69) is 5.32 Å². The van der Waals surface area contributed by atoms with Gasteiger partial charge in [-0.25, -0.2) is 4.39 Å². The van der Waals surface area contributed by atoms with Crippen molar-refractivity contribution in [1.82, 2.24) is 0 Å². The molecule has 4 heteroatoms. The lowest BCUT2D eigenvalue weighted by atomic mass is 10.1. The highest BCUT2D eigenvalue weighted by Crippen LogP contribution is 2.31. The third-order valence-electron chi connectivity index (χ3n) is 3.08. The average molecular weight is 297 g/mol. The van der Waals surface area contributed by atoms with Gasteiger partial charge in [-0.3, -0.25) is 4.79 Å². The predicted octanol–water partition coefficient (Wildman–Crippen LogP) is 4.81. The van der Waals surface area contributed by atoms with E-state index in [4.69, 9.17) is 0 Å². The third-order valence-corrected chi connectivity index (χ3v) is 3.98. The summed E-state index contributed by atoms with van der Waals surface area (Å²) in [5, 5.41) is 4.76. The van der Waals surface area contributed by atoms with Gasteiger partial charge in [0.05, 0.1) is 5.56 Å². The van der Waals surface area contributed by atoms with Crippen molar-refractivity contribution in [2.24, 2.45) is 0 Å². The second kappa shape index (κ2) is 5.89. The largest absolute Gasteiger partial charge is 0.321 e. The fourth-order valence-corrected chi connectivity index (χ4v) is 2.84. The number of benzene rings is 2. The van der Waals surface area contributed by atoms with Gasteiger partial charge in [0, 0.05) is 16.1 Å². The summed E-state index contributed by atoms with van der Waals surface area (Å²) in [4.78, 5) is 13.3. The van der Waals surface area contributed by atoms with E-state index < -0.39 is 11.7 Å². The topological polar surface area (TPSA) is 29.1 Å². The molecule has 1 N–H and O–H groups in total. The van der Waals surface area contributed by atoms with Crippen LogP contribution in [0.25, 0.3) is 10.4 Å². The van der Waals surface area contributed by atoms with Crippen LogP contribution in [0.4, 0.5) is 10.1 Å². The van der Waals surface area contributed by atoms with Crippen LogP contribution < -0.4 is 5.32 Å². The number of amides is 1. The van der Waals surface area contributed by atoms with E-state index in [0.29, 0.717) is 5.69 Å². The minimum atomic E-state index is -0.524. The van der Waals surface area contributed by atoms with Crippen LogP contribution in [-0.2, 0) is 0 Å². The molecule has 3 rings (SSSR count). The van der Waals surface area contributed by atoms with E-state index in [0.717, 1.165) is 10.4 Å². The lowest BCUT2D eigenvalue weighted by Gasteiger charge is -2.10. The van der Waals surface area contributed by atoms with Crippen molar-refractivity contribution in [2.75, 3.05) is 5.32 Å². The third kappa shape index (κ3) is 2.85. The van der Waals surface area contributed by atoms with Crippen molar-refractivity contribution >= 4 is 22.9 Å². The van der Waals surface area contributed by atoms with E-state index in [1.165, 1.54) is 12.1 Å². The summed E-state index contributed by atoms with van der Waals surface area (Å²) >= 11 is 1.59. The predicted molar refractivity (Wildman–Crippen MR) is 84.1 cm³/mol. The zero-order chi connectivity index (χ0) is 14.7. The lowest BCUT2D eigenvalue weighted by Crippen LogP contribution is -2.14. The van der Waals surface area contributed by atoms with Gasteiger partial charge in [0.2, 0.25) is 0 Å². The number of halogens is 1. The quantitative estimate of drug-likeness (QED) is 0.738. The second-order valence-electron chi connectivity index (χ2n) is 4.46. The number of para-hydroxylation sites is 1. The molecule has 1 amide bonds. The summed E-state index contributed by atoms with van der Waals surface area (Å²) in [6.45, 7) is 0. The van der Waals surface area contributed by atoms with Crippen molar-refractivity contribution in [1.29, 1.82) is 0 Å². The summed E-state index contributed by atoms with van der Waals surface area (Å²) in [5.41, 5.74) is 1.64. The fourth-order valence-electron chi connectivity index (χ4n) is 2.07. The number of hydrogen-bond donors (Lipinski definition) is 1. The monoisotopic (exact) mass is 297 g/mol. The van der Waals surface area contributed by atoms with Crippen LogP contribution in [0, 0.1) is 5.82 Å². The molecule has 0 saturated heterocycles. The molecular weight excluding hydrogens is 285 g/mol. The van der Waals surface area contributed by atoms with Gasteiger partial charge in [0.15, 0.2) is 0 Å². The molecule has 21 heavy (non-hydrogen) atoms. The summed E-state index contributed by atoms with van der Waals surface area (Å²) < 4.78 is 13.7. The number of hydrogen-bond acceptors (Lipinski definition) is 2. The van der Waals surface area contributed by atoms with Crippen LogP contribution in [0.2, 0.25) is 0 Å². The zero-order valence-electron chi connectivity index (χ0n) is 11.0. The molecule has 2 nitrogen and oxygen atoms in total. The Labute approximate surface area is 125 Å². The maximum atomic E-state index is 13.7. The van der Waals surface area contributed by atoms with Crippen LogP contribution in [0.3, 0.4) is 0 Å². The number of thiophene rings is 1. The van der Waals surface area contributed by atoms with E-state index >= 15 is 0 Å². The Morgan fingerprint density at radius 2 is 1.71 bits per heavy atom. The molecule has 0 fully saturated rings. The van der Waals surface area contributed by atoms with Crippen molar-refractivity contribution in [3.05, 3.63) is 77.4 Å². The molecule has 0 unspecified atom stereocenters. The van der Waals surface area contributed by atoms with Crippen LogP contribution in [0.5, 0.6) is 0 Å². The van der Waals surface area contributed by atoms with Gasteiger partial charge in [0.1, 0.15) is 5.82 Å². The second-order valence-corrected chi connectivity index (χ2v) is 5.40. The van der Waals surface area contributed by atoms with Gasteiger partial charge in [-0.05, 0) is 29.6 Å². The Morgan fingerprint density at radius 1 is 0.952 bits per heavy atom. The average Bonchev–Trinajstić information content (AvgIpc) is 3.02. The first-order valence-corrected chi connectivity index (χ1v) is 7.32. The first-order valence-electron chi connectivity index (χ1n) is 6.44. The number of carbonyl (C=O) groups excluding carboxylic acids is 1. The summed E-state index contributed by atoms with van der Waals surface area (Å²) in [7, 11) is 0. The number of nitrogens with one attached hydrogen (secondary N) is 1. The van der Waals surface area contributed by atoms with E-state index in [1.54, 1.807) is 23.5 Å².